The van der Waals surface area contributed by atoms with Crippen LogP contribution in [0.3, 0.4) is 0 Å². The Balaban J connectivity index is 1.52. The molecule has 1 aromatic carbocycles. The van der Waals surface area contributed by atoms with Crippen molar-refractivity contribution in [3.05, 3.63) is 30.3 Å². The zero-order valence-electron chi connectivity index (χ0n) is 12.9. The first-order chi connectivity index (χ1) is 11.2. The molecule has 0 bridgehead atoms. The van der Waals surface area contributed by atoms with Gasteiger partial charge in [0.05, 0.1) is 11.4 Å². The van der Waals surface area contributed by atoms with E-state index in [1.807, 2.05) is 37.3 Å². The summed E-state index contributed by atoms with van der Waals surface area (Å²) in [6, 6.07) is 9.55. The maximum atomic E-state index is 12.1. The van der Waals surface area contributed by atoms with Crippen LogP contribution in [0.4, 0.5) is 0 Å². The molecule has 0 aliphatic carbocycles. The van der Waals surface area contributed by atoms with Crippen LogP contribution in [0.5, 0.6) is 0 Å². The van der Waals surface area contributed by atoms with Gasteiger partial charge >= 0.3 is 0 Å². The molecule has 23 heavy (non-hydrogen) atoms. The van der Waals surface area contributed by atoms with Crippen molar-refractivity contribution in [1.29, 1.82) is 0 Å². The highest BCUT2D eigenvalue weighted by atomic mass is 32.2. The van der Waals surface area contributed by atoms with Gasteiger partial charge in [0.2, 0.25) is 11.8 Å². The first kappa shape index (κ1) is 16.0. The molecule has 7 heteroatoms. The number of hydrogen-bond acceptors (Lipinski definition) is 6. The Morgan fingerprint density at radius 1 is 1.39 bits per heavy atom. The van der Waals surface area contributed by atoms with Crippen LogP contribution in [0, 0.1) is 0 Å². The van der Waals surface area contributed by atoms with Crippen LogP contribution < -0.4 is 5.32 Å². The topological polar surface area (TPSA) is 77.2 Å². The fraction of sp³-hybridized carbons (Fsp3) is 0.438. The minimum Gasteiger partial charge on any atom is -0.411 e. The van der Waals surface area contributed by atoms with Crippen molar-refractivity contribution in [2.24, 2.45) is 0 Å². The summed E-state index contributed by atoms with van der Waals surface area (Å²) in [5, 5.41) is 11.0. The first-order valence-electron chi connectivity index (χ1n) is 7.67. The number of nitrogens with zero attached hydrogens (tertiary/aromatic N) is 2. The van der Waals surface area contributed by atoms with Gasteiger partial charge in [-0.25, -0.2) is 0 Å². The summed E-state index contributed by atoms with van der Waals surface area (Å²) in [6.07, 6.45) is 2.21. The highest BCUT2D eigenvalue weighted by molar-refractivity contribution is 8.00. The third kappa shape index (κ3) is 4.33. The van der Waals surface area contributed by atoms with Crippen molar-refractivity contribution in [3.8, 4) is 11.5 Å². The lowest BCUT2D eigenvalue weighted by Gasteiger charge is -2.13. The maximum absolute atomic E-state index is 12.1. The van der Waals surface area contributed by atoms with Gasteiger partial charge in [0.25, 0.3) is 5.22 Å². The van der Waals surface area contributed by atoms with Crippen molar-refractivity contribution >= 4 is 17.7 Å². The van der Waals surface area contributed by atoms with Crippen LogP contribution in [0.2, 0.25) is 0 Å². The van der Waals surface area contributed by atoms with E-state index in [2.05, 4.69) is 15.5 Å². The summed E-state index contributed by atoms with van der Waals surface area (Å²) < 4.78 is 11.1. The summed E-state index contributed by atoms with van der Waals surface area (Å²) in [4.78, 5) is 12.1. The van der Waals surface area contributed by atoms with Crippen LogP contribution in [0.25, 0.3) is 11.5 Å². The minimum absolute atomic E-state index is 0.0510. The molecule has 2 heterocycles. The van der Waals surface area contributed by atoms with Gasteiger partial charge in [-0.3, -0.25) is 4.79 Å². The van der Waals surface area contributed by atoms with Crippen LogP contribution in [-0.4, -0.2) is 40.6 Å². The predicted molar refractivity (Wildman–Crippen MR) is 87.0 cm³/mol. The van der Waals surface area contributed by atoms with Gasteiger partial charge in [-0.05, 0) is 31.9 Å². The number of amides is 1. The second-order valence-corrected chi connectivity index (χ2v) is 6.67. The molecule has 122 valence electrons. The van der Waals surface area contributed by atoms with E-state index in [4.69, 9.17) is 9.15 Å². The molecule has 1 aliphatic rings. The van der Waals surface area contributed by atoms with Crippen molar-refractivity contribution in [2.45, 2.75) is 36.3 Å². The van der Waals surface area contributed by atoms with Gasteiger partial charge in [-0.1, -0.05) is 30.0 Å². The van der Waals surface area contributed by atoms with E-state index >= 15 is 0 Å². The molecule has 0 saturated carbocycles. The van der Waals surface area contributed by atoms with Gasteiger partial charge in [0, 0.05) is 18.7 Å². The molecule has 1 N–H and O–H groups in total. The summed E-state index contributed by atoms with van der Waals surface area (Å²) in [5.41, 5.74) is 0.863. The summed E-state index contributed by atoms with van der Waals surface area (Å²) in [6.45, 7) is 3.17. The summed E-state index contributed by atoms with van der Waals surface area (Å²) in [5.74, 6) is 0.407. The van der Waals surface area contributed by atoms with Gasteiger partial charge < -0.3 is 14.5 Å². The summed E-state index contributed by atoms with van der Waals surface area (Å²) >= 11 is 1.26. The Morgan fingerprint density at radius 3 is 2.96 bits per heavy atom. The molecule has 1 aromatic heterocycles. The van der Waals surface area contributed by atoms with Crippen molar-refractivity contribution < 1.29 is 13.9 Å². The Hall–Kier alpha value is -1.86. The quantitative estimate of drug-likeness (QED) is 0.819. The fourth-order valence-electron chi connectivity index (χ4n) is 2.32. The van der Waals surface area contributed by atoms with Crippen molar-refractivity contribution in [3.63, 3.8) is 0 Å². The average Bonchev–Trinajstić information content (AvgIpc) is 3.25. The number of thioether (sulfide) groups is 1. The lowest BCUT2D eigenvalue weighted by Crippen LogP contribution is -2.36. The van der Waals surface area contributed by atoms with E-state index in [1.54, 1.807) is 0 Å². The van der Waals surface area contributed by atoms with E-state index in [-0.39, 0.29) is 17.3 Å². The second kappa shape index (κ2) is 7.61. The third-order valence-electron chi connectivity index (χ3n) is 3.60. The van der Waals surface area contributed by atoms with Crippen molar-refractivity contribution in [1.82, 2.24) is 15.5 Å². The Labute approximate surface area is 139 Å². The third-order valence-corrected chi connectivity index (χ3v) is 4.54. The molecule has 2 unspecified atom stereocenters. The predicted octanol–water partition coefficient (Wildman–Crippen LogP) is 2.51. The van der Waals surface area contributed by atoms with Gasteiger partial charge in [0.15, 0.2) is 0 Å². The van der Waals surface area contributed by atoms with Crippen LogP contribution in [0.15, 0.2) is 40.0 Å². The number of nitrogens with one attached hydrogen (secondary N) is 1. The molecule has 1 saturated heterocycles. The molecule has 2 atom stereocenters. The number of ether oxygens (including phenoxy) is 1. The van der Waals surface area contributed by atoms with Gasteiger partial charge in [-0.15, -0.1) is 10.2 Å². The molecule has 1 aliphatic heterocycles. The molecule has 3 rings (SSSR count). The molecule has 1 amide bonds. The lowest BCUT2D eigenvalue weighted by molar-refractivity contribution is -0.120. The molecule has 1 fully saturated rings. The number of benzene rings is 1. The van der Waals surface area contributed by atoms with Crippen molar-refractivity contribution in [2.75, 3.05) is 13.2 Å². The van der Waals surface area contributed by atoms with E-state index in [0.29, 0.717) is 17.7 Å². The molecule has 0 spiro atoms. The van der Waals surface area contributed by atoms with E-state index < -0.39 is 0 Å². The van der Waals surface area contributed by atoms with E-state index in [0.717, 1.165) is 25.0 Å². The van der Waals surface area contributed by atoms with E-state index in [9.17, 15) is 4.79 Å². The Kier molecular flexibility index (Phi) is 5.30. The van der Waals surface area contributed by atoms with Gasteiger partial charge in [0.1, 0.15) is 0 Å². The zero-order valence-corrected chi connectivity index (χ0v) is 13.7. The highest BCUT2D eigenvalue weighted by Crippen LogP contribution is 2.26. The van der Waals surface area contributed by atoms with Crippen LogP contribution in [0.1, 0.15) is 19.8 Å². The number of hydrogen-bond donors (Lipinski definition) is 1. The fourth-order valence-corrected chi connectivity index (χ4v) is 3.03. The molecule has 6 nitrogen and oxygen atoms in total. The number of aromatic nitrogens is 2. The normalized spacial score (nSPS) is 18.7. The Bertz CT molecular complexity index is 641. The summed E-state index contributed by atoms with van der Waals surface area (Å²) in [7, 11) is 0. The molecular weight excluding hydrogens is 314 g/mol. The smallest absolute Gasteiger partial charge is 0.277 e. The number of carbonyl (C=O) groups excluding carboxylic acids is 1. The number of rotatable bonds is 6. The molecule has 0 radical (unpaired) electrons. The average molecular weight is 333 g/mol. The largest absolute Gasteiger partial charge is 0.411 e. The number of carbonyl (C=O) groups is 1. The lowest BCUT2D eigenvalue weighted by atomic mass is 10.2. The standard InChI is InChI=1S/C16H19N3O3S/c1-11(14(20)17-10-13-8-5-9-21-13)23-16-19-18-15(22-16)12-6-3-2-4-7-12/h2-4,6-7,11,13H,5,8-10H2,1H3,(H,17,20). The van der Waals surface area contributed by atoms with Crippen LogP contribution >= 0.6 is 11.8 Å². The SMILES string of the molecule is CC(Sc1nnc(-c2ccccc2)o1)C(=O)NCC1CCCO1. The molecular formula is C16H19N3O3S. The van der Waals surface area contributed by atoms with Crippen LogP contribution in [-0.2, 0) is 9.53 Å². The first-order valence-corrected chi connectivity index (χ1v) is 8.55. The van der Waals surface area contributed by atoms with Gasteiger partial charge in [-0.2, -0.15) is 0 Å². The monoisotopic (exact) mass is 333 g/mol. The minimum atomic E-state index is -0.305. The van der Waals surface area contributed by atoms with E-state index in [1.165, 1.54) is 11.8 Å². The molecule has 2 aromatic rings. The maximum Gasteiger partial charge on any atom is 0.277 e. The second-order valence-electron chi connectivity index (χ2n) is 5.38. The highest BCUT2D eigenvalue weighted by Gasteiger charge is 2.21. The zero-order chi connectivity index (χ0) is 16.1. The Morgan fingerprint density at radius 2 is 2.22 bits per heavy atom.